The van der Waals surface area contributed by atoms with Gasteiger partial charge in [0.2, 0.25) is 5.78 Å². The number of aliphatic hydroxyl groups is 1. The molecule has 0 aliphatic carbocycles. The lowest BCUT2D eigenvalue weighted by atomic mass is 9.96. The molecule has 0 amide bonds. The van der Waals surface area contributed by atoms with Crippen molar-refractivity contribution < 1.29 is 19.4 Å². The van der Waals surface area contributed by atoms with Crippen molar-refractivity contribution in [1.29, 1.82) is 0 Å². The normalized spacial score (nSPS) is 27.0. The van der Waals surface area contributed by atoms with Crippen LogP contribution in [0.5, 0.6) is 0 Å². The highest BCUT2D eigenvalue weighted by Crippen LogP contribution is 2.26. The third kappa shape index (κ3) is 3.45. The van der Waals surface area contributed by atoms with E-state index in [0.29, 0.717) is 12.8 Å². The van der Waals surface area contributed by atoms with Crippen molar-refractivity contribution in [3.05, 3.63) is 47.2 Å². The number of Topliss-reactive ketones (excluding diaryl/α,β-unsaturated/α-hetero) is 1. The zero-order valence-corrected chi connectivity index (χ0v) is 13.0. The summed E-state index contributed by atoms with van der Waals surface area (Å²) < 4.78 is 5.19. The Bertz CT molecular complexity index is 617. The largest absolute Gasteiger partial charge is 0.510 e. The van der Waals surface area contributed by atoms with Gasteiger partial charge in [0.1, 0.15) is 11.3 Å². The SMILES string of the molecule is O=C1OC(CCc2ccccc2)C(=O)C1=C(O)C1CCCCN1. The van der Waals surface area contributed by atoms with Gasteiger partial charge in [-0.25, -0.2) is 4.79 Å². The molecule has 0 saturated carbocycles. The summed E-state index contributed by atoms with van der Waals surface area (Å²) in [7, 11) is 0. The number of hydrogen-bond donors (Lipinski definition) is 2. The van der Waals surface area contributed by atoms with Crippen LogP contribution in [0.15, 0.2) is 41.7 Å². The van der Waals surface area contributed by atoms with E-state index in [-0.39, 0.29) is 17.4 Å². The van der Waals surface area contributed by atoms with Crippen LogP contribution in [0.25, 0.3) is 0 Å². The molecule has 2 heterocycles. The molecule has 0 radical (unpaired) electrons. The topological polar surface area (TPSA) is 75.6 Å². The Labute approximate surface area is 135 Å². The maximum absolute atomic E-state index is 12.4. The second-order valence-electron chi connectivity index (χ2n) is 6.05. The zero-order valence-electron chi connectivity index (χ0n) is 13.0. The predicted octanol–water partition coefficient (Wildman–Crippen LogP) is 2.07. The summed E-state index contributed by atoms with van der Waals surface area (Å²) in [6.07, 6.45) is 3.03. The Hall–Kier alpha value is -2.14. The third-order valence-corrected chi connectivity index (χ3v) is 4.43. The van der Waals surface area contributed by atoms with E-state index in [1.165, 1.54) is 0 Å². The van der Waals surface area contributed by atoms with E-state index >= 15 is 0 Å². The van der Waals surface area contributed by atoms with Crippen LogP contribution >= 0.6 is 0 Å². The quantitative estimate of drug-likeness (QED) is 0.385. The first-order valence-corrected chi connectivity index (χ1v) is 8.12. The Kier molecular flexibility index (Phi) is 4.76. The molecule has 2 saturated heterocycles. The van der Waals surface area contributed by atoms with Gasteiger partial charge >= 0.3 is 5.97 Å². The van der Waals surface area contributed by atoms with E-state index in [1.807, 2.05) is 30.3 Å². The number of rotatable bonds is 4. The van der Waals surface area contributed by atoms with Crippen molar-refractivity contribution >= 4 is 11.8 Å². The van der Waals surface area contributed by atoms with E-state index < -0.39 is 17.9 Å². The van der Waals surface area contributed by atoms with Gasteiger partial charge in [-0.2, -0.15) is 0 Å². The fourth-order valence-electron chi connectivity index (χ4n) is 3.13. The second-order valence-corrected chi connectivity index (χ2v) is 6.05. The number of esters is 1. The lowest BCUT2D eigenvalue weighted by Gasteiger charge is -2.23. The summed E-state index contributed by atoms with van der Waals surface area (Å²) in [6, 6.07) is 9.43. The minimum atomic E-state index is -0.788. The zero-order chi connectivity index (χ0) is 16.2. The van der Waals surface area contributed by atoms with Crippen LogP contribution in [0.1, 0.15) is 31.2 Å². The van der Waals surface area contributed by atoms with Gasteiger partial charge in [0.25, 0.3) is 0 Å². The van der Waals surface area contributed by atoms with E-state index in [0.717, 1.165) is 31.4 Å². The van der Waals surface area contributed by atoms with Crippen molar-refractivity contribution in [2.75, 3.05) is 6.54 Å². The number of ether oxygens (including phenoxy) is 1. The third-order valence-electron chi connectivity index (χ3n) is 4.43. The molecule has 23 heavy (non-hydrogen) atoms. The van der Waals surface area contributed by atoms with E-state index in [9.17, 15) is 14.7 Å². The molecule has 0 aromatic heterocycles. The number of benzene rings is 1. The van der Waals surface area contributed by atoms with Gasteiger partial charge in [0.05, 0.1) is 6.04 Å². The summed E-state index contributed by atoms with van der Waals surface area (Å²) in [6.45, 7) is 0.780. The monoisotopic (exact) mass is 315 g/mol. The standard InChI is InChI=1S/C18H21NO4/c20-16(13-8-4-5-11-19-13)15-17(21)14(23-18(15)22)10-9-12-6-2-1-3-7-12/h1-3,6-7,13-14,19-20H,4-5,8-11H2. The van der Waals surface area contributed by atoms with Gasteiger partial charge in [-0.05, 0) is 37.8 Å². The molecule has 1 aromatic carbocycles. The minimum Gasteiger partial charge on any atom is -0.510 e. The fraction of sp³-hybridized carbons (Fsp3) is 0.444. The molecular weight excluding hydrogens is 294 g/mol. The van der Waals surface area contributed by atoms with E-state index in [2.05, 4.69) is 5.32 Å². The molecule has 2 unspecified atom stereocenters. The maximum Gasteiger partial charge on any atom is 0.346 e. The number of carbonyl (C=O) groups excluding carboxylic acids is 2. The molecule has 2 N–H and O–H groups in total. The van der Waals surface area contributed by atoms with Gasteiger partial charge in [-0.15, -0.1) is 0 Å². The highest BCUT2D eigenvalue weighted by molar-refractivity contribution is 6.23. The molecule has 2 aliphatic rings. The molecular formula is C18H21NO4. The average molecular weight is 315 g/mol. The van der Waals surface area contributed by atoms with Crippen molar-refractivity contribution in [3.8, 4) is 0 Å². The van der Waals surface area contributed by atoms with Crippen LogP contribution in [0.2, 0.25) is 0 Å². The Morgan fingerprint density at radius 2 is 2.00 bits per heavy atom. The summed E-state index contributed by atoms with van der Waals surface area (Å²) in [4.78, 5) is 24.4. The van der Waals surface area contributed by atoms with Crippen molar-refractivity contribution in [2.24, 2.45) is 0 Å². The van der Waals surface area contributed by atoms with E-state index in [4.69, 9.17) is 4.74 Å². The highest BCUT2D eigenvalue weighted by atomic mass is 16.6. The van der Waals surface area contributed by atoms with E-state index in [1.54, 1.807) is 0 Å². The number of hydrogen-bond acceptors (Lipinski definition) is 5. The van der Waals surface area contributed by atoms with Gasteiger partial charge in [-0.1, -0.05) is 36.8 Å². The highest BCUT2D eigenvalue weighted by Gasteiger charge is 2.42. The van der Waals surface area contributed by atoms with Crippen molar-refractivity contribution in [3.63, 3.8) is 0 Å². The number of nitrogens with one attached hydrogen (secondary N) is 1. The van der Waals surface area contributed by atoms with Crippen LogP contribution in [0.3, 0.4) is 0 Å². The summed E-state index contributed by atoms with van der Waals surface area (Å²) >= 11 is 0. The van der Waals surface area contributed by atoms with Crippen molar-refractivity contribution in [1.82, 2.24) is 5.32 Å². The van der Waals surface area contributed by atoms with Crippen LogP contribution in [-0.4, -0.2) is 35.5 Å². The van der Waals surface area contributed by atoms with Gasteiger partial charge in [-0.3, -0.25) is 4.79 Å². The van der Waals surface area contributed by atoms with Gasteiger partial charge < -0.3 is 15.2 Å². The maximum atomic E-state index is 12.4. The van der Waals surface area contributed by atoms with Crippen molar-refractivity contribution in [2.45, 2.75) is 44.2 Å². The molecule has 1 aromatic rings. The lowest BCUT2D eigenvalue weighted by molar-refractivity contribution is -0.141. The molecule has 122 valence electrons. The predicted molar refractivity (Wildman–Crippen MR) is 84.9 cm³/mol. The molecule has 3 rings (SSSR count). The van der Waals surface area contributed by atoms with Crippen LogP contribution < -0.4 is 5.32 Å². The number of aryl methyl sites for hydroxylation is 1. The summed E-state index contributed by atoms with van der Waals surface area (Å²) in [5.41, 5.74) is 0.925. The van der Waals surface area contributed by atoms with Gasteiger partial charge in [0, 0.05) is 0 Å². The molecule has 2 aliphatic heterocycles. The molecule has 5 nitrogen and oxygen atoms in total. The fourth-order valence-corrected chi connectivity index (χ4v) is 3.13. The number of aliphatic hydroxyl groups excluding tert-OH is 1. The number of cyclic esters (lactones) is 1. The number of carbonyl (C=O) groups is 2. The number of ketones is 1. The minimum absolute atomic E-state index is 0.151. The number of piperidine rings is 1. The Morgan fingerprint density at radius 1 is 1.22 bits per heavy atom. The molecule has 2 fully saturated rings. The first-order valence-electron chi connectivity index (χ1n) is 8.12. The first kappa shape index (κ1) is 15.7. The Morgan fingerprint density at radius 3 is 2.70 bits per heavy atom. The van der Waals surface area contributed by atoms with Crippen LogP contribution in [-0.2, 0) is 20.7 Å². The summed E-state index contributed by atoms with van der Waals surface area (Å²) in [5.74, 6) is -1.24. The molecule has 5 heteroatoms. The Balaban J connectivity index is 1.69. The lowest BCUT2D eigenvalue weighted by Crippen LogP contribution is -2.37. The van der Waals surface area contributed by atoms with Crippen LogP contribution in [0.4, 0.5) is 0 Å². The average Bonchev–Trinajstić information content (AvgIpc) is 2.88. The first-order chi connectivity index (χ1) is 11.2. The smallest absolute Gasteiger partial charge is 0.346 e. The molecule has 2 atom stereocenters. The summed E-state index contributed by atoms with van der Waals surface area (Å²) in [5, 5.41) is 13.5. The van der Waals surface area contributed by atoms with Gasteiger partial charge in [0.15, 0.2) is 6.10 Å². The second kappa shape index (κ2) is 6.96. The molecule has 0 bridgehead atoms. The molecule has 0 spiro atoms. The van der Waals surface area contributed by atoms with Crippen LogP contribution in [0, 0.1) is 0 Å².